The summed E-state index contributed by atoms with van der Waals surface area (Å²) in [5.41, 5.74) is 1.43. The van der Waals surface area contributed by atoms with Crippen LogP contribution in [0.15, 0.2) is 35.4 Å². The van der Waals surface area contributed by atoms with Gasteiger partial charge in [0.2, 0.25) is 21.7 Å². The minimum atomic E-state index is -5.43. The monoisotopic (exact) mass is 652 g/mol. The van der Waals surface area contributed by atoms with Crippen molar-refractivity contribution >= 4 is 27.5 Å². The van der Waals surface area contributed by atoms with Crippen LogP contribution in [0.25, 0.3) is 0 Å². The highest BCUT2D eigenvalue weighted by atomic mass is 32.2. The van der Waals surface area contributed by atoms with Gasteiger partial charge in [-0.1, -0.05) is 25.3 Å². The molecule has 45 heavy (non-hydrogen) atoms. The van der Waals surface area contributed by atoms with Crippen LogP contribution < -0.4 is 10.2 Å². The summed E-state index contributed by atoms with van der Waals surface area (Å²) in [7, 11) is -5.43. The minimum Gasteiger partial charge on any atom is -0.348 e. The zero-order valence-corrected chi connectivity index (χ0v) is 24.4. The molecule has 238 valence electrons. The molecule has 2 aromatic carbocycles. The second-order valence-corrected chi connectivity index (χ2v) is 13.1. The number of halogens is 6. The van der Waals surface area contributed by atoms with Crippen molar-refractivity contribution in [3.05, 3.63) is 87.7 Å². The Hall–Kier alpha value is -3.98. The predicted octanol–water partition coefficient (Wildman–Crippen LogP) is 5.20. The molecule has 0 bridgehead atoms. The molecular formula is C30H26F6N4O4S. The first-order chi connectivity index (χ1) is 21.4. The molecule has 1 N–H and O–H groups in total. The number of hydrogen-bond acceptors (Lipinski definition) is 5. The maximum atomic E-state index is 15.5. The first-order valence-corrected chi connectivity index (χ1v) is 15.7. The Balaban J connectivity index is 1.35. The average Bonchev–Trinajstić information content (AvgIpc) is 3.36. The number of rotatable bonds is 7. The standard InChI is InChI=1S/C30H26F6N4O4S/c31-20-11-19-17(13-38-29(19)41)10-22(20)39(14-18-7-6-16(12-37-18)15-4-2-1-3-5-15)30(42)21-8-9-40(21)45(43,44)28-26(35)24(33)23(32)25(34)27(28)36/h6-7,10-12,15,21H,1-5,8-9,13-14H2,(H,38,41). The third kappa shape index (κ3) is 5.35. The van der Waals surface area contributed by atoms with E-state index in [-0.39, 0.29) is 30.8 Å². The van der Waals surface area contributed by atoms with Crippen LogP contribution in [0, 0.1) is 34.9 Å². The van der Waals surface area contributed by atoms with E-state index in [1.54, 1.807) is 12.3 Å². The quantitative estimate of drug-likeness (QED) is 0.215. The fourth-order valence-electron chi connectivity index (χ4n) is 6.10. The van der Waals surface area contributed by atoms with E-state index >= 15 is 4.39 Å². The largest absolute Gasteiger partial charge is 0.348 e. The summed E-state index contributed by atoms with van der Waals surface area (Å²) in [5, 5.41) is 2.54. The van der Waals surface area contributed by atoms with E-state index in [0.717, 1.165) is 48.6 Å². The minimum absolute atomic E-state index is 0.0436. The van der Waals surface area contributed by atoms with Crippen LogP contribution in [0.3, 0.4) is 0 Å². The van der Waals surface area contributed by atoms with Crippen LogP contribution in [0.1, 0.15) is 71.6 Å². The molecule has 2 fully saturated rings. The van der Waals surface area contributed by atoms with Crippen LogP contribution in [0.5, 0.6) is 0 Å². The molecule has 0 radical (unpaired) electrons. The first-order valence-electron chi connectivity index (χ1n) is 14.3. The van der Waals surface area contributed by atoms with E-state index in [0.29, 0.717) is 21.5 Å². The molecule has 0 spiro atoms. The number of fused-ring (bicyclic) bond motifs is 1. The topological polar surface area (TPSA) is 99.7 Å². The number of carbonyl (C=O) groups is 2. The Bertz CT molecular complexity index is 1790. The van der Waals surface area contributed by atoms with Crippen molar-refractivity contribution in [3.8, 4) is 0 Å². The lowest BCUT2D eigenvalue weighted by Gasteiger charge is -2.41. The highest BCUT2D eigenvalue weighted by Gasteiger charge is 2.48. The van der Waals surface area contributed by atoms with Crippen LogP contribution in [0.4, 0.5) is 32.0 Å². The summed E-state index contributed by atoms with van der Waals surface area (Å²) < 4.78 is 113. The van der Waals surface area contributed by atoms with E-state index in [9.17, 15) is 40.0 Å². The van der Waals surface area contributed by atoms with Crippen molar-refractivity contribution in [2.45, 2.75) is 68.5 Å². The number of benzene rings is 2. The van der Waals surface area contributed by atoms with Gasteiger partial charge in [-0.15, -0.1) is 0 Å². The van der Waals surface area contributed by atoms with Crippen LogP contribution >= 0.6 is 0 Å². The number of hydrogen-bond donors (Lipinski definition) is 1. The molecule has 1 saturated heterocycles. The molecule has 15 heteroatoms. The molecule has 2 amide bonds. The fourth-order valence-corrected chi connectivity index (χ4v) is 7.84. The summed E-state index contributed by atoms with van der Waals surface area (Å²) in [4.78, 5) is 29.3. The van der Waals surface area contributed by atoms with Crippen molar-refractivity contribution < 1.29 is 44.3 Å². The summed E-state index contributed by atoms with van der Waals surface area (Å²) >= 11 is 0. The maximum Gasteiger partial charge on any atom is 0.252 e. The maximum absolute atomic E-state index is 15.5. The van der Waals surface area contributed by atoms with Gasteiger partial charge < -0.3 is 10.2 Å². The lowest BCUT2D eigenvalue weighted by molar-refractivity contribution is -0.125. The lowest BCUT2D eigenvalue weighted by Crippen LogP contribution is -2.59. The van der Waals surface area contributed by atoms with E-state index < -0.39 is 74.2 Å². The molecule has 1 atom stereocenters. The van der Waals surface area contributed by atoms with Gasteiger partial charge in [-0.05, 0) is 54.5 Å². The number of carbonyl (C=O) groups excluding carboxylic acids is 2. The van der Waals surface area contributed by atoms with Gasteiger partial charge in [0.15, 0.2) is 28.2 Å². The van der Waals surface area contributed by atoms with Crippen molar-refractivity contribution in [2.24, 2.45) is 0 Å². The number of nitrogens with one attached hydrogen (secondary N) is 1. The zero-order chi connectivity index (χ0) is 32.2. The van der Waals surface area contributed by atoms with E-state index in [2.05, 4.69) is 10.3 Å². The molecule has 1 saturated carbocycles. The number of anilines is 1. The summed E-state index contributed by atoms with van der Waals surface area (Å²) in [6.07, 6.45) is 6.83. The van der Waals surface area contributed by atoms with Crippen LogP contribution in [-0.4, -0.2) is 42.1 Å². The molecule has 1 aliphatic carbocycles. The van der Waals surface area contributed by atoms with E-state index in [1.807, 2.05) is 6.07 Å². The van der Waals surface area contributed by atoms with Crippen LogP contribution in [-0.2, 0) is 27.9 Å². The number of pyridine rings is 1. The molecule has 3 aromatic rings. The Morgan fingerprint density at radius 2 is 1.60 bits per heavy atom. The molecule has 3 heterocycles. The number of amides is 2. The Labute approximate surface area is 254 Å². The van der Waals surface area contributed by atoms with Gasteiger partial charge in [0.1, 0.15) is 11.9 Å². The molecule has 8 nitrogen and oxygen atoms in total. The van der Waals surface area contributed by atoms with Gasteiger partial charge in [0.05, 0.1) is 17.9 Å². The third-order valence-electron chi connectivity index (χ3n) is 8.65. The van der Waals surface area contributed by atoms with Crippen molar-refractivity contribution in [1.82, 2.24) is 14.6 Å². The Morgan fingerprint density at radius 3 is 2.20 bits per heavy atom. The predicted molar refractivity (Wildman–Crippen MR) is 147 cm³/mol. The summed E-state index contributed by atoms with van der Waals surface area (Å²) in [6, 6.07) is 4.05. The molecular weight excluding hydrogens is 626 g/mol. The summed E-state index contributed by atoms with van der Waals surface area (Å²) in [6.45, 7) is -0.790. The normalized spacial score (nSPS) is 18.8. The molecule has 6 rings (SSSR count). The fraction of sp³-hybridized carbons (Fsp3) is 0.367. The molecule has 3 aliphatic rings. The average molecular weight is 653 g/mol. The molecule has 1 aromatic heterocycles. The number of nitrogens with zero attached hydrogens (tertiary/aromatic N) is 3. The van der Waals surface area contributed by atoms with Crippen molar-refractivity contribution in [1.29, 1.82) is 0 Å². The van der Waals surface area contributed by atoms with Gasteiger partial charge in [0, 0.05) is 24.8 Å². The summed E-state index contributed by atoms with van der Waals surface area (Å²) in [5.74, 6) is -14.8. The van der Waals surface area contributed by atoms with Gasteiger partial charge >= 0.3 is 0 Å². The second kappa shape index (κ2) is 11.7. The van der Waals surface area contributed by atoms with Crippen molar-refractivity contribution in [3.63, 3.8) is 0 Å². The Morgan fingerprint density at radius 1 is 0.933 bits per heavy atom. The van der Waals surface area contributed by atoms with Gasteiger partial charge in [-0.2, -0.15) is 4.31 Å². The molecule has 1 unspecified atom stereocenters. The number of aromatic nitrogens is 1. The second-order valence-electron chi connectivity index (χ2n) is 11.3. The van der Waals surface area contributed by atoms with Gasteiger partial charge in [-0.3, -0.25) is 14.6 Å². The zero-order valence-electron chi connectivity index (χ0n) is 23.6. The third-order valence-corrected chi connectivity index (χ3v) is 10.6. The van der Waals surface area contributed by atoms with Gasteiger partial charge in [0.25, 0.3) is 5.91 Å². The lowest BCUT2D eigenvalue weighted by atomic mass is 9.85. The van der Waals surface area contributed by atoms with Crippen LogP contribution in [0.2, 0.25) is 0 Å². The number of sulfonamides is 1. The van der Waals surface area contributed by atoms with E-state index in [4.69, 9.17) is 0 Å². The molecule has 2 aliphatic heterocycles. The highest BCUT2D eigenvalue weighted by molar-refractivity contribution is 7.89. The van der Waals surface area contributed by atoms with Crippen molar-refractivity contribution in [2.75, 3.05) is 11.4 Å². The van der Waals surface area contributed by atoms with E-state index in [1.165, 1.54) is 6.07 Å². The smallest absolute Gasteiger partial charge is 0.252 e. The Kier molecular flexibility index (Phi) is 8.10. The van der Waals surface area contributed by atoms with Gasteiger partial charge in [-0.25, -0.2) is 34.8 Å². The SMILES string of the molecule is O=C1NCc2cc(N(Cc3ccc(C4CCCCC4)cn3)C(=O)C3CCN3S(=O)(=O)c3c(F)c(F)c(F)c(F)c3F)c(F)cc21. The highest BCUT2D eigenvalue weighted by Crippen LogP contribution is 2.37. The first kappa shape index (κ1) is 31.0.